The van der Waals surface area contributed by atoms with Gasteiger partial charge in [-0.05, 0) is 84.3 Å². The Bertz CT molecular complexity index is 1290. The molecule has 4 heterocycles. The highest BCUT2D eigenvalue weighted by Crippen LogP contribution is 2.40. The summed E-state index contributed by atoms with van der Waals surface area (Å²) in [4.78, 5) is 0. The molecule has 166 valence electrons. The molecule has 0 radical (unpaired) electrons. The number of benzene rings is 4. The van der Waals surface area contributed by atoms with Crippen molar-refractivity contribution in [2.24, 2.45) is 0 Å². The fraction of sp³-hybridized carbons (Fsp3) is 0.172. The van der Waals surface area contributed by atoms with Crippen molar-refractivity contribution in [3.8, 4) is 39.9 Å². The SMILES string of the molecule is COc1cc2ccc1-c1c(O)cccc1CCc1ccc(cc1)Oc1cc(ccc1O)CC2. The van der Waals surface area contributed by atoms with Crippen LogP contribution in [0, 0.1) is 0 Å². The maximum atomic E-state index is 10.8. The maximum absolute atomic E-state index is 10.8. The number of aryl methyl sites for hydroxylation is 4. The van der Waals surface area contributed by atoms with E-state index < -0.39 is 0 Å². The van der Waals surface area contributed by atoms with E-state index in [1.54, 1.807) is 19.2 Å². The molecular formula is C29H26O4. The average Bonchev–Trinajstić information content (AvgIpc) is 2.83. The van der Waals surface area contributed by atoms with Crippen LogP contribution in [0.5, 0.6) is 28.7 Å². The number of hydrogen-bond acceptors (Lipinski definition) is 4. The Balaban J connectivity index is 1.61. The van der Waals surface area contributed by atoms with Gasteiger partial charge in [0.1, 0.15) is 17.2 Å². The number of phenols is 2. The van der Waals surface area contributed by atoms with Gasteiger partial charge in [0.2, 0.25) is 0 Å². The lowest BCUT2D eigenvalue weighted by Crippen LogP contribution is -1.99. The van der Waals surface area contributed by atoms with Crippen LogP contribution in [0.3, 0.4) is 0 Å². The predicted octanol–water partition coefficient (Wildman–Crippen LogP) is 6.45. The van der Waals surface area contributed by atoms with Gasteiger partial charge in [-0.2, -0.15) is 0 Å². The molecule has 4 nitrogen and oxygen atoms in total. The summed E-state index contributed by atoms with van der Waals surface area (Å²) in [5.74, 6) is 2.27. The van der Waals surface area contributed by atoms with Crippen LogP contribution in [0.15, 0.2) is 78.9 Å². The van der Waals surface area contributed by atoms with Crippen LogP contribution < -0.4 is 9.47 Å². The lowest BCUT2D eigenvalue weighted by atomic mass is 9.92. The first-order valence-corrected chi connectivity index (χ1v) is 11.2. The summed E-state index contributed by atoms with van der Waals surface area (Å²) < 4.78 is 11.7. The van der Waals surface area contributed by atoms with Gasteiger partial charge in [-0.25, -0.2) is 0 Å². The second kappa shape index (κ2) is 8.91. The molecule has 0 spiro atoms. The Labute approximate surface area is 193 Å². The lowest BCUT2D eigenvalue weighted by molar-refractivity contribution is 0.410. The highest BCUT2D eigenvalue weighted by atomic mass is 16.5. The van der Waals surface area contributed by atoms with E-state index in [4.69, 9.17) is 9.47 Å². The van der Waals surface area contributed by atoms with Crippen LogP contribution >= 0.6 is 0 Å². The Morgan fingerprint density at radius 2 is 1.39 bits per heavy atom. The fourth-order valence-electron chi connectivity index (χ4n) is 4.42. The van der Waals surface area contributed by atoms with Crippen LogP contribution in [0.4, 0.5) is 0 Å². The molecule has 0 saturated heterocycles. The van der Waals surface area contributed by atoms with Gasteiger partial charge in [-0.15, -0.1) is 0 Å². The maximum Gasteiger partial charge on any atom is 0.169 e. The van der Waals surface area contributed by atoms with Gasteiger partial charge in [-0.1, -0.05) is 42.5 Å². The van der Waals surface area contributed by atoms with Crippen LogP contribution in [-0.2, 0) is 25.7 Å². The van der Waals surface area contributed by atoms with Crippen molar-refractivity contribution in [3.05, 3.63) is 101 Å². The van der Waals surface area contributed by atoms with Gasteiger partial charge in [0.25, 0.3) is 0 Å². The van der Waals surface area contributed by atoms with Crippen molar-refractivity contribution in [3.63, 3.8) is 0 Å². The minimum atomic E-state index is 0.125. The number of methoxy groups -OCH3 is 1. The molecule has 0 aliphatic carbocycles. The quantitative estimate of drug-likeness (QED) is 0.359. The summed E-state index contributed by atoms with van der Waals surface area (Å²) in [6, 6.07) is 25.3. The Morgan fingerprint density at radius 3 is 2.18 bits per heavy atom. The second-order valence-electron chi connectivity index (χ2n) is 8.39. The molecule has 4 aliphatic heterocycles. The number of aromatic hydroxyl groups is 2. The zero-order chi connectivity index (χ0) is 22.8. The van der Waals surface area contributed by atoms with Crippen LogP contribution in [-0.4, -0.2) is 17.3 Å². The van der Waals surface area contributed by atoms with Crippen molar-refractivity contribution in [2.75, 3.05) is 7.11 Å². The predicted molar refractivity (Wildman–Crippen MR) is 130 cm³/mol. The topological polar surface area (TPSA) is 58.9 Å². The molecule has 0 unspecified atom stereocenters. The molecule has 6 bridgehead atoms. The molecule has 4 aromatic rings. The van der Waals surface area contributed by atoms with Crippen molar-refractivity contribution < 1.29 is 19.7 Å². The highest BCUT2D eigenvalue weighted by molar-refractivity contribution is 5.79. The largest absolute Gasteiger partial charge is 0.507 e. The van der Waals surface area contributed by atoms with E-state index in [1.807, 2.05) is 54.6 Å². The van der Waals surface area contributed by atoms with Crippen LogP contribution in [0.1, 0.15) is 22.3 Å². The number of hydrogen-bond donors (Lipinski definition) is 2. The third-order valence-electron chi connectivity index (χ3n) is 6.22. The molecule has 0 atom stereocenters. The van der Waals surface area contributed by atoms with E-state index in [1.165, 1.54) is 0 Å². The van der Waals surface area contributed by atoms with E-state index in [9.17, 15) is 10.2 Å². The fourth-order valence-corrected chi connectivity index (χ4v) is 4.42. The molecule has 0 fully saturated rings. The van der Waals surface area contributed by atoms with Gasteiger partial charge in [0.15, 0.2) is 11.5 Å². The van der Waals surface area contributed by atoms with E-state index >= 15 is 0 Å². The zero-order valence-electron chi connectivity index (χ0n) is 18.5. The molecule has 4 heteroatoms. The smallest absolute Gasteiger partial charge is 0.169 e. The summed E-state index contributed by atoms with van der Waals surface area (Å²) in [6.45, 7) is 0. The molecule has 0 aromatic heterocycles. The molecule has 8 rings (SSSR count). The molecule has 4 aromatic carbocycles. The van der Waals surface area contributed by atoms with Gasteiger partial charge in [-0.3, -0.25) is 0 Å². The van der Waals surface area contributed by atoms with Gasteiger partial charge in [0.05, 0.1) is 7.11 Å². The number of phenolic OH excluding ortho intramolecular Hbond substituents is 2. The van der Waals surface area contributed by atoms with Crippen molar-refractivity contribution in [1.82, 2.24) is 0 Å². The Morgan fingerprint density at radius 1 is 0.697 bits per heavy atom. The summed E-state index contributed by atoms with van der Waals surface area (Å²) in [7, 11) is 1.67. The number of ether oxygens (including phenoxy) is 2. The van der Waals surface area contributed by atoms with E-state index in [0.717, 1.165) is 64.8 Å². The molecule has 0 saturated carbocycles. The first-order chi connectivity index (χ1) is 16.1. The minimum absolute atomic E-state index is 0.125. The van der Waals surface area contributed by atoms with Gasteiger partial charge in [0, 0.05) is 11.1 Å². The highest BCUT2D eigenvalue weighted by Gasteiger charge is 2.16. The molecule has 2 N–H and O–H groups in total. The number of rotatable bonds is 1. The Hall–Kier alpha value is -3.92. The summed E-state index contributed by atoms with van der Waals surface area (Å²) >= 11 is 0. The normalized spacial score (nSPS) is 13.0. The molecular weight excluding hydrogens is 412 g/mol. The Kier molecular flexibility index (Phi) is 5.66. The summed E-state index contributed by atoms with van der Waals surface area (Å²) in [5, 5.41) is 21.0. The molecule has 0 amide bonds. The van der Waals surface area contributed by atoms with E-state index in [0.29, 0.717) is 11.5 Å². The zero-order valence-corrected chi connectivity index (χ0v) is 18.5. The lowest BCUT2D eigenvalue weighted by Gasteiger charge is -2.17. The first kappa shape index (κ1) is 21.0. The standard InChI is InChI=1S/C29H26O4/c1-32-27-17-20-5-6-21-11-16-25(30)28(18-21)33-23-13-8-19(9-14-23)7-12-22-3-2-4-26(31)29(22)24(27)15-10-20/h2-4,8-11,13-18,30-31H,5-7,12H2,1H3. The van der Waals surface area contributed by atoms with Crippen molar-refractivity contribution >= 4 is 0 Å². The third-order valence-corrected chi connectivity index (χ3v) is 6.22. The van der Waals surface area contributed by atoms with Crippen molar-refractivity contribution in [2.45, 2.75) is 25.7 Å². The van der Waals surface area contributed by atoms with Crippen LogP contribution in [0.25, 0.3) is 11.1 Å². The minimum Gasteiger partial charge on any atom is -0.507 e. The summed E-state index contributed by atoms with van der Waals surface area (Å²) in [5.41, 5.74) is 6.17. The van der Waals surface area contributed by atoms with Gasteiger partial charge < -0.3 is 19.7 Å². The molecule has 4 aliphatic rings. The van der Waals surface area contributed by atoms with E-state index in [-0.39, 0.29) is 11.5 Å². The van der Waals surface area contributed by atoms with Crippen LogP contribution in [0.2, 0.25) is 0 Å². The third kappa shape index (κ3) is 4.37. The van der Waals surface area contributed by atoms with Crippen molar-refractivity contribution in [1.29, 1.82) is 0 Å². The average molecular weight is 439 g/mol. The van der Waals surface area contributed by atoms with E-state index in [2.05, 4.69) is 12.1 Å². The summed E-state index contributed by atoms with van der Waals surface area (Å²) in [6.07, 6.45) is 3.19. The second-order valence-corrected chi connectivity index (χ2v) is 8.39. The first-order valence-electron chi connectivity index (χ1n) is 11.2. The van der Waals surface area contributed by atoms with Gasteiger partial charge >= 0.3 is 0 Å². The molecule has 33 heavy (non-hydrogen) atoms. The monoisotopic (exact) mass is 438 g/mol.